The summed E-state index contributed by atoms with van der Waals surface area (Å²) in [5.41, 5.74) is 0. The van der Waals surface area contributed by atoms with Crippen molar-refractivity contribution in [3.63, 3.8) is 0 Å². The fraction of sp³-hybridized carbons (Fsp3) is 0.500. The molecule has 0 aromatic carbocycles. The number of hydrogen-bond acceptors (Lipinski definition) is 5. The highest BCUT2D eigenvalue weighted by Crippen LogP contribution is 1.87. The van der Waals surface area contributed by atoms with Gasteiger partial charge in [-0.3, -0.25) is 4.79 Å². The van der Waals surface area contributed by atoms with Gasteiger partial charge in [0.05, 0.1) is 5.75 Å². The summed E-state index contributed by atoms with van der Waals surface area (Å²) in [7, 11) is 0. The Labute approximate surface area is 74.9 Å². The van der Waals surface area contributed by atoms with Crippen molar-refractivity contribution in [2.24, 2.45) is 0 Å². The molecule has 1 aromatic rings. The van der Waals surface area contributed by atoms with Gasteiger partial charge in [0.1, 0.15) is 0 Å². The highest BCUT2D eigenvalue weighted by atomic mass is 32.1. The first-order valence-electron chi connectivity index (χ1n) is 3.45. The van der Waals surface area contributed by atoms with E-state index in [0.29, 0.717) is 18.8 Å². The van der Waals surface area contributed by atoms with Crippen molar-refractivity contribution in [2.75, 3.05) is 12.3 Å². The van der Waals surface area contributed by atoms with Crippen LogP contribution in [0.5, 0.6) is 0 Å². The molecule has 5 nitrogen and oxygen atoms in total. The Morgan fingerprint density at radius 3 is 3.17 bits per heavy atom. The van der Waals surface area contributed by atoms with Gasteiger partial charge in [0.2, 0.25) is 12.3 Å². The summed E-state index contributed by atoms with van der Waals surface area (Å²) in [5.74, 6) is 0.697. The predicted molar refractivity (Wildman–Crippen MR) is 44.9 cm³/mol. The molecule has 12 heavy (non-hydrogen) atoms. The molecule has 0 saturated heterocycles. The number of aromatic nitrogens is 2. The molecule has 1 aromatic heterocycles. The van der Waals surface area contributed by atoms with Crippen LogP contribution >= 0.6 is 12.6 Å². The standard InChI is InChI=1S/C6H9N3O2S/c10-6(3-12)7-2-1-5-8-4-11-9-5/h4,12H,1-3H2,(H,7,10). The number of carbonyl (C=O) groups excluding carboxylic acids is 1. The molecule has 0 aliphatic heterocycles. The molecular formula is C6H9N3O2S. The van der Waals surface area contributed by atoms with E-state index in [1.807, 2.05) is 0 Å². The molecule has 0 spiro atoms. The van der Waals surface area contributed by atoms with Crippen molar-refractivity contribution >= 4 is 18.5 Å². The lowest BCUT2D eigenvalue weighted by Crippen LogP contribution is -2.26. The van der Waals surface area contributed by atoms with E-state index < -0.39 is 0 Å². The lowest BCUT2D eigenvalue weighted by atomic mass is 10.4. The summed E-state index contributed by atoms with van der Waals surface area (Å²) >= 11 is 3.80. The molecule has 1 rings (SSSR count). The van der Waals surface area contributed by atoms with Crippen LogP contribution in [0, 0.1) is 0 Å². The molecule has 0 aliphatic carbocycles. The Kier molecular flexibility index (Phi) is 3.59. The molecule has 0 fully saturated rings. The van der Waals surface area contributed by atoms with Crippen molar-refractivity contribution in [2.45, 2.75) is 6.42 Å². The van der Waals surface area contributed by atoms with Crippen molar-refractivity contribution in [1.29, 1.82) is 0 Å². The average Bonchev–Trinajstić information content (AvgIpc) is 2.57. The summed E-state index contributed by atoms with van der Waals surface area (Å²) in [6.45, 7) is 0.513. The number of nitrogens with zero attached hydrogens (tertiary/aromatic N) is 2. The third-order valence-electron chi connectivity index (χ3n) is 1.22. The van der Waals surface area contributed by atoms with Crippen LogP contribution in [0.3, 0.4) is 0 Å². The van der Waals surface area contributed by atoms with E-state index >= 15 is 0 Å². The Morgan fingerprint density at radius 1 is 1.75 bits per heavy atom. The smallest absolute Gasteiger partial charge is 0.229 e. The molecule has 0 aliphatic rings. The Morgan fingerprint density at radius 2 is 2.58 bits per heavy atom. The molecule has 0 bridgehead atoms. The highest BCUT2D eigenvalue weighted by Gasteiger charge is 1.99. The fourth-order valence-electron chi connectivity index (χ4n) is 0.672. The third kappa shape index (κ3) is 2.91. The van der Waals surface area contributed by atoms with E-state index in [0.717, 1.165) is 0 Å². The normalized spacial score (nSPS) is 9.75. The second kappa shape index (κ2) is 4.76. The van der Waals surface area contributed by atoms with Gasteiger partial charge >= 0.3 is 0 Å². The van der Waals surface area contributed by atoms with Gasteiger partial charge in [-0.2, -0.15) is 17.6 Å². The van der Waals surface area contributed by atoms with Gasteiger partial charge in [0, 0.05) is 13.0 Å². The van der Waals surface area contributed by atoms with Gasteiger partial charge < -0.3 is 9.84 Å². The van der Waals surface area contributed by atoms with E-state index in [-0.39, 0.29) is 11.7 Å². The Balaban J connectivity index is 2.15. The van der Waals surface area contributed by atoms with Gasteiger partial charge in [-0.1, -0.05) is 5.16 Å². The minimum Gasteiger partial charge on any atom is -0.355 e. The van der Waals surface area contributed by atoms with Crippen LogP contribution in [0.2, 0.25) is 0 Å². The molecule has 0 unspecified atom stereocenters. The van der Waals surface area contributed by atoms with Crippen molar-refractivity contribution in [3.8, 4) is 0 Å². The summed E-state index contributed by atoms with van der Waals surface area (Å²) < 4.78 is 4.51. The molecule has 0 atom stereocenters. The molecule has 1 amide bonds. The van der Waals surface area contributed by atoms with Crippen molar-refractivity contribution in [1.82, 2.24) is 15.5 Å². The second-order valence-electron chi connectivity index (χ2n) is 2.11. The van der Waals surface area contributed by atoms with Crippen LogP contribution in [0.25, 0.3) is 0 Å². The number of nitrogens with one attached hydrogen (secondary N) is 1. The third-order valence-corrected chi connectivity index (χ3v) is 1.51. The molecule has 0 radical (unpaired) electrons. The van der Waals surface area contributed by atoms with Crippen molar-refractivity contribution in [3.05, 3.63) is 12.2 Å². The van der Waals surface area contributed by atoms with E-state index in [4.69, 9.17) is 0 Å². The monoisotopic (exact) mass is 187 g/mol. The zero-order chi connectivity index (χ0) is 8.81. The first kappa shape index (κ1) is 9.05. The molecule has 6 heteroatoms. The van der Waals surface area contributed by atoms with E-state index in [1.54, 1.807) is 0 Å². The van der Waals surface area contributed by atoms with E-state index in [9.17, 15) is 4.79 Å². The number of amides is 1. The van der Waals surface area contributed by atoms with Crippen LogP contribution in [0.1, 0.15) is 5.82 Å². The number of hydrogen-bond donors (Lipinski definition) is 2. The summed E-state index contributed by atoms with van der Waals surface area (Å²) in [6.07, 6.45) is 1.84. The average molecular weight is 187 g/mol. The van der Waals surface area contributed by atoms with E-state index in [1.165, 1.54) is 6.39 Å². The first-order valence-corrected chi connectivity index (χ1v) is 4.09. The lowest BCUT2D eigenvalue weighted by molar-refractivity contribution is -0.118. The van der Waals surface area contributed by atoms with Gasteiger partial charge in [0.25, 0.3) is 0 Å². The quantitative estimate of drug-likeness (QED) is 0.633. The van der Waals surface area contributed by atoms with Gasteiger partial charge in [-0.05, 0) is 0 Å². The largest absolute Gasteiger partial charge is 0.355 e. The lowest BCUT2D eigenvalue weighted by Gasteiger charge is -1.98. The maximum atomic E-state index is 10.7. The second-order valence-corrected chi connectivity index (χ2v) is 2.42. The summed E-state index contributed by atoms with van der Waals surface area (Å²) in [4.78, 5) is 14.5. The Bertz CT molecular complexity index is 237. The fourth-order valence-corrected chi connectivity index (χ4v) is 0.784. The maximum Gasteiger partial charge on any atom is 0.229 e. The summed E-state index contributed by atoms with van der Waals surface area (Å²) in [5, 5.41) is 6.22. The molecule has 1 heterocycles. The number of thiol groups is 1. The molecular weight excluding hydrogens is 178 g/mol. The Hall–Kier alpha value is -1.04. The molecule has 0 saturated carbocycles. The number of carbonyl (C=O) groups is 1. The van der Waals surface area contributed by atoms with Crippen LogP contribution in [0.4, 0.5) is 0 Å². The van der Waals surface area contributed by atoms with Crippen LogP contribution < -0.4 is 5.32 Å². The van der Waals surface area contributed by atoms with Gasteiger partial charge in [-0.25, -0.2) is 0 Å². The van der Waals surface area contributed by atoms with E-state index in [2.05, 4.69) is 32.6 Å². The molecule has 66 valence electrons. The maximum absolute atomic E-state index is 10.7. The topological polar surface area (TPSA) is 68.0 Å². The minimum absolute atomic E-state index is 0.0955. The van der Waals surface area contributed by atoms with Gasteiger partial charge in [0.15, 0.2) is 5.82 Å². The zero-order valence-corrected chi connectivity index (χ0v) is 7.25. The predicted octanol–water partition coefficient (Wildman–Crippen LogP) is -0.342. The van der Waals surface area contributed by atoms with Crippen LogP contribution in [-0.4, -0.2) is 28.3 Å². The van der Waals surface area contributed by atoms with Crippen LogP contribution in [-0.2, 0) is 11.2 Å². The van der Waals surface area contributed by atoms with Gasteiger partial charge in [-0.15, -0.1) is 0 Å². The van der Waals surface area contributed by atoms with Crippen LogP contribution in [0.15, 0.2) is 10.9 Å². The summed E-state index contributed by atoms with van der Waals surface area (Å²) in [6, 6.07) is 0. The SMILES string of the molecule is O=C(CS)NCCc1ncon1. The highest BCUT2D eigenvalue weighted by molar-refractivity contribution is 7.81. The zero-order valence-electron chi connectivity index (χ0n) is 6.36. The number of rotatable bonds is 4. The molecule has 1 N–H and O–H groups in total. The van der Waals surface area contributed by atoms with Crippen molar-refractivity contribution < 1.29 is 9.32 Å². The minimum atomic E-state index is -0.0955. The first-order chi connectivity index (χ1) is 5.83.